The highest BCUT2D eigenvalue weighted by molar-refractivity contribution is 5.73. The molecular weight excluding hydrogens is 508 g/mol. The van der Waals surface area contributed by atoms with E-state index in [4.69, 9.17) is 23.7 Å². The summed E-state index contributed by atoms with van der Waals surface area (Å²) in [6.07, 6.45) is 4.19. The number of ether oxygens (including phenoxy) is 5. The first-order valence-corrected chi connectivity index (χ1v) is 14.6. The van der Waals surface area contributed by atoms with Crippen molar-refractivity contribution in [1.82, 2.24) is 10.2 Å². The maximum atomic E-state index is 13.2. The summed E-state index contributed by atoms with van der Waals surface area (Å²) >= 11 is 0. The Bertz CT molecular complexity index is 1230. The van der Waals surface area contributed by atoms with E-state index in [1.165, 1.54) is 22.3 Å². The zero-order chi connectivity index (χ0) is 28.4. The van der Waals surface area contributed by atoms with Crippen molar-refractivity contribution in [2.24, 2.45) is 11.8 Å². The van der Waals surface area contributed by atoms with E-state index in [1.807, 2.05) is 6.92 Å². The van der Waals surface area contributed by atoms with Gasteiger partial charge in [-0.3, -0.25) is 9.69 Å². The van der Waals surface area contributed by atoms with E-state index in [1.54, 1.807) is 28.4 Å². The average molecular weight is 553 g/mol. The molecule has 1 saturated carbocycles. The minimum Gasteiger partial charge on any atom is -0.493 e. The van der Waals surface area contributed by atoms with Crippen LogP contribution in [0.2, 0.25) is 0 Å². The molecule has 0 bridgehead atoms. The van der Waals surface area contributed by atoms with E-state index in [0.717, 1.165) is 74.7 Å². The summed E-state index contributed by atoms with van der Waals surface area (Å²) in [6.45, 7) is 7.22. The molecule has 0 saturated heterocycles. The van der Waals surface area contributed by atoms with Crippen molar-refractivity contribution in [3.8, 4) is 23.0 Å². The Hall–Kier alpha value is -2.97. The molecule has 2 aromatic carbocycles. The lowest BCUT2D eigenvalue weighted by Gasteiger charge is -2.55. The number of methoxy groups -OCH3 is 4. The molecule has 2 aromatic rings. The molecule has 1 fully saturated rings. The van der Waals surface area contributed by atoms with Crippen molar-refractivity contribution >= 4 is 5.97 Å². The lowest BCUT2D eigenvalue weighted by molar-refractivity contribution is -0.151. The smallest absolute Gasteiger partial charge is 0.308 e. The zero-order valence-corrected chi connectivity index (χ0v) is 24.8. The molecule has 8 nitrogen and oxygen atoms in total. The third-order valence-corrected chi connectivity index (χ3v) is 9.42. The normalized spacial score (nSPS) is 26.0. The van der Waals surface area contributed by atoms with Crippen LogP contribution >= 0.6 is 0 Å². The van der Waals surface area contributed by atoms with Crippen LogP contribution < -0.4 is 24.3 Å². The molecule has 2 aliphatic heterocycles. The van der Waals surface area contributed by atoms with Crippen LogP contribution in [-0.4, -0.2) is 65.5 Å². The van der Waals surface area contributed by atoms with Crippen LogP contribution in [0.15, 0.2) is 24.3 Å². The fraction of sp³-hybridized carbons (Fsp3) is 0.594. The Morgan fingerprint density at radius 1 is 0.925 bits per heavy atom. The second kappa shape index (κ2) is 11.9. The van der Waals surface area contributed by atoms with E-state index in [-0.39, 0.29) is 29.4 Å². The molecule has 8 heteroatoms. The number of carbonyl (C=O) groups is 1. The van der Waals surface area contributed by atoms with Crippen molar-refractivity contribution in [3.63, 3.8) is 0 Å². The van der Waals surface area contributed by atoms with Gasteiger partial charge in [-0.15, -0.1) is 0 Å². The maximum absolute atomic E-state index is 13.2. The number of nitrogens with zero attached hydrogens (tertiary/aromatic N) is 1. The van der Waals surface area contributed by atoms with Crippen molar-refractivity contribution in [3.05, 3.63) is 46.5 Å². The first-order valence-electron chi connectivity index (χ1n) is 14.6. The average Bonchev–Trinajstić information content (AvgIpc) is 2.99. The van der Waals surface area contributed by atoms with Gasteiger partial charge in [0.15, 0.2) is 23.0 Å². The summed E-state index contributed by atoms with van der Waals surface area (Å²) in [5.41, 5.74) is 4.74. The van der Waals surface area contributed by atoms with Gasteiger partial charge in [0.1, 0.15) is 0 Å². The summed E-state index contributed by atoms with van der Waals surface area (Å²) in [6, 6.07) is 8.71. The molecule has 3 aliphatic rings. The van der Waals surface area contributed by atoms with Gasteiger partial charge < -0.3 is 29.0 Å². The summed E-state index contributed by atoms with van der Waals surface area (Å²) in [5, 5.41) is 4.01. The van der Waals surface area contributed by atoms with Gasteiger partial charge in [-0.25, -0.2) is 0 Å². The number of nitrogens with one attached hydrogen (secondary N) is 1. The molecule has 218 valence electrons. The van der Waals surface area contributed by atoms with Crippen molar-refractivity contribution in [1.29, 1.82) is 0 Å². The standard InChI is InChI=1S/C32H44N2O6/c1-7-34-14-11-20-16-26(36-3)28(38-5)18-23(20)30(34)25-15-22(31(35)40-8-2)9-12-32(25)24-19-29(39-6)27(37-4)17-21(24)10-13-33-32/h16-19,22,25,30,33H,7-15H2,1-6H3/t22-,25-,30?,32+/m1/s1. The molecule has 1 aliphatic carbocycles. The van der Waals surface area contributed by atoms with Crippen LogP contribution in [0.4, 0.5) is 0 Å². The zero-order valence-electron chi connectivity index (χ0n) is 24.8. The van der Waals surface area contributed by atoms with Gasteiger partial charge in [0.25, 0.3) is 0 Å². The highest BCUT2D eigenvalue weighted by Gasteiger charge is 2.53. The molecular formula is C32H44N2O6. The molecule has 0 radical (unpaired) electrons. The molecule has 0 aromatic heterocycles. The topological polar surface area (TPSA) is 78.5 Å². The van der Waals surface area contributed by atoms with Gasteiger partial charge in [0.2, 0.25) is 0 Å². The number of carbonyl (C=O) groups excluding carboxylic acids is 1. The first-order chi connectivity index (χ1) is 19.4. The highest BCUT2D eigenvalue weighted by Crippen LogP contribution is 2.56. The predicted octanol–water partition coefficient (Wildman–Crippen LogP) is 4.66. The van der Waals surface area contributed by atoms with Crippen molar-refractivity contribution in [2.45, 2.75) is 57.5 Å². The summed E-state index contributed by atoms with van der Waals surface area (Å²) in [4.78, 5) is 15.8. The third kappa shape index (κ3) is 4.79. The largest absolute Gasteiger partial charge is 0.493 e. The highest BCUT2D eigenvalue weighted by atomic mass is 16.5. The Morgan fingerprint density at radius 3 is 2.23 bits per heavy atom. The van der Waals surface area contributed by atoms with Gasteiger partial charge in [-0.1, -0.05) is 6.92 Å². The van der Waals surface area contributed by atoms with Gasteiger partial charge in [-0.05, 0) is 92.1 Å². The first kappa shape index (κ1) is 28.6. The fourth-order valence-corrected chi connectivity index (χ4v) is 7.55. The molecule has 1 unspecified atom stereocenters. The van der Waals surface area contributed by atoms with E-state index < -0.39 is 0 Å². The van der Waals surface area contributed by atoms with Crippen LogP contribution in [0.1, 0.15) is 61.4 Å². The van der Waals surface area contributed by atoms with Gasteiger partial charge in [-0.2, -0.15) is 0 Å². The molecule has 1 N–H and O–H groups in total. The quantitative estimate of drug-likeness (QED) is 0.474. The van der Waals surface area contributed by atoms with E-state index in [2.05, 4.69) is 41.4 Å². The number of esters is 1. The molecule has 4 atom stereocenters. The third-order valence-electron chi connectivity index (χ3n) is 9.42. The molecule has 2 heterocycles. The van der Waals surface area contributed by atoms with Gasteiger partial charge in [0, 0.05) is 30.6 Å². The summed E-state index contributed by atoms with van der Waals surface area (Å²) < 4.78 is 28.5. The van der Waals surface area contributed by atoms with E-state index in [9.17, 15) is 4.79 Å². The van der Waals surface area contributed by atoms with Crippen LogP contribution in [-0.2, 0) is 27.9 Å². The minimum atomic E-state index is -0.337. The second-order valence-electron chi connectivity index (χ2n) is 11.1. The summed E-state index contributed by atoms with van der Waals surface area (Å²) in [5.74, 6) is 2.85. The fourth-order valence-electron chi connectivity index (χ4n) is 7.55. The summed E-state index contributed by atoms with van der Waals surface area (Å²) in [7, 11) is 6.76. The SMILES string of the molecule is CCOC(=O)[C@@H]1CC[C@@]2(NCCc3cc(OC)c(OC)cc32)[C@@H](C2c3cc(OC)c(OC)cc3CCN2CC)C1. The lowest BCUT2D eigenvalue weighted by Crippen LogP contribution is -2.59. The molecule has 0 amide bonds. The van der Waals surface area contributed by atoms with Gasteiger partial charge >= 0.3 is 5.97 Å². The number of likely N-dealkylation sites (N-methyl/N-ethyl adjacent to an activating group) is 1. The minimum absolute atomic E-state index is 0.0809. The Morgan fingerprint density at radius 2 is 1.57 bits per heavy atom. The Labute approximate surface area is 238 Å². The molecule has 1 spiro atoms. The van der Waals surface area contributed by atoms with E-state index >= 15 is 0 Å². The lowest BCUT2D eigenvalue weighted by atomic mass is 9.59. The molecule has 5 rings (SSSR count). The number of fused-ring (bicyclic) bond motifs is 3. The van der Waals surface area contributed by atoms with Gasteiger partial charge in [0.05, 0.1) is 41.0 Å². The number of rotatable bonds is 8. The van der Waals surface area contributed by atoms with Crippen LogP contribution in [0.25, 0.3) is 0 Å². The maximum Gasteiger partial charge on any atom is 0.308 e. The number of benzene rings is 2. The van der Waals surface area contributed by atoms with Crippen molar-refractivity contribution in [2.75, 3.05) is 54.7 Å². The second-order valence-corrected chi connectivity index (χ2v) is 11.1. The van der Waals surface area contributed by atoms with Crippen LogP contribution in [0, 0.1) is 11.8 Å². The van der Waals surface area contributed by atoms with Crippen LogP contribution in [0.3, 0.4) is 0 Å². The van der Waals surface area contributed by atoms with E-state index in [0.29, 0.717) is 6.61 Å². The Kier molecular flexibility index (Phi) is 8.47. The number of hydrogen-bond acceptors (Lipinski definition) is 8. The number of hydrogen-bond donors (Lipinski definition) is 1. The molecule has 40 heavy (non-hydrogen) atoms. The van der Waals surface area contributed by atoms with Crippen LogP contribution in [0.5, 0.6) is 23.0 Å². The monoisotopic (exact) mass is 552 g/mol. The Balaban J connectivity index is 1.70. The predicted molar refractivity (Wildman–Crippen MR) is 154 cm³/mol. The van der Waals surface area contributed by atoms with Crippen molar-refractivity contribution < 1.29 is 28.5 Å².